The molecule has 10 aromatic rings. The van der Waals surface area contributed by atoms with Gasteiger partial charge < -0.3 is 9.32 Å². The highest BCUT2D eigenvalue weighted by molar-refractivity contribution is 7.25. The molecule has 0 saturated carbocycles. The van der Waals surface area contributed by atoms with E-state index >= 15 is 0 Å². The lowest BCUT2D eigenvalue weighted by molar-refractivity contribution is 0.669. The van der Waals surface area contributed by atoms with Crippen LogP contribution in [0.4, 0.5) is 17.1 Å². The first kappa shape index (κ1) is 27.9. The third-order valence-corrected chi connectivity index (χ3v) is 10.8. The fourth-order valence-corrected chi connectivity index (χ4v) is 8.49. The first-order valence-electron chi connectivity index (χ1n) is 16.6. The second-order valence-corrected chi connectivity index (χ2v) is 13.6. The zero-order valence-corrected chi connectivity index (χ0v) is 27.3. The molecule has 0 saturated heterocycles. The third-order valence-electron chi connectivity index (χ3n) is 9.66. The molecule has 2 aromatic heterocycles. The van der Waals surface area contributed by atoms with E-state index in [1.807, 2.05) is 17.4 Å². The number of benzene rings is 8. The number of para-hydroxylation sites is 2. The van der Waals surface area contributed by atoms with Gasteiger partial charge in [-0.05, 0) is 93.7 Å². The molecule has 2 heterocycles. The molecule has 0 N–H and O–H groups in total. The van der Waals surface area contributed by atoms with Gasteiger partial charge in [0, 0.05) is 48.0 Å². The molecule has 0 bridgehead atoms. The van der Waals surface area contributed by atoms with Crippen LogP contribution < -0.4 is 4.90 Å². The number of hydrogen-bond donors (Lipinski definition) is 0. The van der Waals surface area contributed by atoms with E-state index in [0.29, 0.717) is 0 Å². The van der Waals surface area contributed by atoms with E-state index in [1.165, 1.54) is 53.2 Å². The summed E-state index contributed by atoms with van der Waals surface area (Å²) in [6.45, 7) is 0. The predicted octanol–water partition coefficient (Wildman–Crippen LogP) is 13.9. The molecule has 0 radical (unpaired) electrons. The van der Waals surface area contributed by atoms with Crippen LogP contribution in [0.1, 0.15) is 0 Å². The minimum Gasteiger partial charge on any atom is -0.456 e. The van der Waals surface area contributed by atoms with Crippen LogP contribution in [0, 0.1) is 0 Å². The standard InChI is InChI=1S/C46H29NOS/c1-3-11-31(12-4-1)40-29-43-46(39-16-7-9-17-42(39)48-43)41-27-32(21-25-36(40)41)30-19-22-34(23-20-30)47(33-13-5-2-6-14-33)35-24-26-38-37-15-8-10-18-44(37)49-45(38)28-35/h1-29H. The van der Waals surface area contributed by atoms with Crippen molar-refractivity contribution in [2.75, 3.05) is 4.90 Å². The summed E-state index contributed by atoms with van der Waals surface area (Å²) in [5.74, 6) is 0. The minimum absolute atomic E-state index is 0.911. The van der Waals surface area contributed by atoms with Crippen molar-refractivity contribution >= 4 is 81.3 Å². The number of thiophene rings is 1. The molecule has 0 aliphatic heterocycles. The van der Waals surface area contributed by atoms with Crippen molar-refractivity contribution in [1.82, 2.24) is 0 Å². The number of hydrogen-bond acceptors (Lipinski definition) is 3. The van der Waals surface area contributed by atoms with Gasteiger partial charge in [0.15, 0.2) is 0 Å². The second-order valence-electron chi connectivity index (χ2n) is 12.5. The van der Waals surface area contributed by atoms with Crippen LogP contribution in [0.5, 0.6) is 0 Å². The van der Waals surface area contributed by atoms with E-state index < -0.39 is 0 Å². The normalized spacial score (nSPS) is 11.7. The average Bonchev–Trinajstić information content (AvgIpc) is 3.74. The largest absolute Gasteiger partial charge is 0.456 e. The number of furan rings is 1. The average molecular weight is 644 g/mol. The van der Waals surface area contributed by atoms with Gasteiger partial charge in [-0.25, -0.2) is 0 Å². The second kappa shape index (κ2) is 11.2. The Balaban J connectivity index is 1.11. The Hall–Kier alpha value is -6.16. The van der Waals surface area contributed by atoms with Gasteiger partial charge in [0.05, 0.1) is 0 Å². The van der Waals surface area contributed by atoms with Crippen LogP contribution in [0.3, 0.4) is 0 Å². The zero-order chi connectivity index (χ0) is 32.3. The Morgan fingerprint density at radius 3 is 1.84 bits per heavy atom. The van der Waals surface area contributed by atoms with E-state index in [2.05, 4.69) is 175 Å². The van der Waals surface area contributed by atoms with Gasteiger partial charge in [0.2, 0.25) is 0 Å². The van der Waals surface area contributed by atoms with Gasteiger partial charge in [-0.2, -0.15) is 0 Å². The molecule has 0 amide bonds. The molecule has 49 heavy (non-hydrogen) atoms. The zero-order valence-electron chi connectivity index (χ0n) is 26.5. The predicted molar refractivity (Wildman–Crippen MR) is 210 cm³/mol. The lowest BCUT2D eigenvalue weighted by atomic mass is 9.92. The van der Waals surface area contributed by atoms with Crippen molar-refractivity contribution in [1.29, 1.82) is 0 Å². The van der Waals surface area contributed by atoms with Crippen LogP contribution in [0.2, 0.25) is 0 Å². The van der Waals surface area contributed by atoms with Gasteiger partial charge in [-0.1, -0.05) is 115 Å². The van der Waals surface area contributed by atoms with Gasteiger partial charge in [0.25, 0.3) is 0 Å². The van der Waals surface area contributed by atoms with Crippen LogP contribution in [-0.2, 0) is 0 Å². The van der Waals surface area contributed by atoms with Crippen LogP contribution in [-0.4, -0.2) is 0 Å². The maximum atomic E-state index is 6.43. The van der Waals surface area contributed by atoms with E-state index in [9.17, 15) is 0 Å². The van der Waals surface area contributed by atoms with Crippen molar-refractivity contribution in [2.45, 2.75) is 0 Å². The molecule has 0 atom stereocenters. The van der Waals surface area contributed by atoms with Gasteiger partial charge in [-0.3, -0.25) is 0 Å². The Bertz CT molecular complexity index is 2810. The minimum atomic E-state index is 0.911. The van der Waals surface area contributed by atoms with Crippen LogP contribution in [0.15, 0.2) is 180 Å². The molecule has 0 aliphatic carbocycles. The molecule has 0 unspecified atom stereocenters. The summed E-state index contributed by atoms with van der Waals surface area (Å²) in [6, 6.07) is 63.2. The SMILES string of the molecule is c1ccc(-c2cc3oc4ccccc4c3c3cc(-c4ccc(N(c5ccccc5)c5ccc6c(c5)sc5ccccc56)cc4)ccc23)cc1. The maximum Gasteiger partial charge on any atom is 0.136 e. The molecule has 2 nitrogen and oxygen atoms in total. The molecular weight excluding hydrogens is 615 g/mol. The molecule has 0 fully saturated rings. The summed E-state index contributed by atoms with van der Waals surface area (Å²) in [7, 11) is 0. The molecule has 0 aliphatic rings. The van der Waals surface area contributed by atoms with Gasteiger partial charge >= 0.3 is 0 Å². The van der Waals surface area contributed by atoms with E-state index in [-0.39, 0.29) is 0 Å². The number of fused-ring (bicyclic) bond motifs is 8. The fraction of sp³-hybridized carbons (Fsp3) is 0. The van der Waals surface area contributed by atoms with E-state index in [0.717, 1.165) is 39.0 Å². The van der Waals surface area contributed by atoms with Crippen molar-refractivity contribution in [3.8, 4) is 22.3 Å². The first-order valence-corrected chi connectivity index (χ1v) is 17.4. The quantitative estimate of drug-likeness (QED) is 0.186. The summed E-state index contributed by atoms with van der Waals surface area (Å²) < 4.78 is 9.04. The Morgan fingerprint density at radius 1 is 0.367 bits per heavy atom. The summed E-state index contributed by atoms with van der Waals surface area (Å²) in [5.41, 5.74) is 9.92. The molecule has 0 spiro atoms. The Labute approximate surface area is 287 Å². The third kappa shape index (κ3) is 4.62. The lowest BCUT2D eigenvalue weighted by Gasteiger charge is -2.25. The van der Waals surface area contributed by atoms with Crippen LogP contribution >= 0.6 is 11.3 Å². The summed E-state index contributed by atoms with van der Waals surface area (Å²) >= 11 is 1.85. The fourth-order valence-electron chi connectivity index (χ4n) is 7.36. The Morgan fingerprint density at radius 2 is 1.00 bits per heavy atom. The lowest BCUT2D eigenvalue weighted by Crippen LogP contribution is -2.09. The van der Waals surface area contributed by atoms with Gasteiger partial charge in [-0.15, -0.1) is 11.3 Å². The monoisotopic (exact) mass is 643 g/mol. The van der Waals surface area contributed by atoms with Crippen molar-refractivity contribution in [2.24, 2.45) is 0 Å². The first-order chi connectivity index (χ1) is 24.3. The molecule has 10 rings (SSSR count). The maximum absolute atomic E-state index is 6.43. The molecule has 8 aromatic carbocycles. The molecule has 3 heteroatoms. The van der Waals surface area contributed by atoms with Gasteiger partial charge in [0.1, 0.15) is 11.2 Å². The van der Waals surface area contributed by atoms with E-state index in [4.69, 9.17) is 4.42 Å². The van der Waals surface area contributed by atoms with Crippen molar-refractivity contribution < 1.29 is 4.42 Å². The highest BCUT2D eigenvalue weighted by Gasteiger charge is 2.17. The smallest absolute Gasteiger partial charge is 0.136 e. The Kier molecular flexibility index (Phi) is 6.39. The van der Waals surface area contributed by atoms with Crippen molar-refractivity contribution in [3.05, 3.63) is 176 Å². The number of nitrogens with zero attached hydrogens (tertiary/aromatic N) is 1. The molecular formula is C46H29NOS. The van der Waals surface area contributed by atoms with Crippen LogP contribution in [0.25, 0.3) is 75.1 Å². The number of rotatable bonds is 5. The molecule has 230 valence electrons. The summed E-state index contributed by atoms with van der Waals surface area (Å²) in [5, 5.41) is 7.35. The topological polar surface area (TPSA) is 16.4 Å². The van der Waals surface area contributed by atoms with E-state index in [1.54, 1.807) is 0 Å². The summed E-state index contributed by atoms with van der Waals surface area (Å²) in [6.07, 6.45) is 0. The highest BCUT2D eigenvalue weighted by Crippen LogP contribution is 2.43. The highest BCUT2D eigenvalue weighted by atomic mass is 32.1. The number of anilines is 3. The summed E-state index contributed by atoms with van der Waals surface area (Å²) in [4.78, 5) is 2.35. The van der Waals surface area contributed by atoms with Crippen molar-refractivity contribution in [3.63, 3.8) is 0 Å².